The molecule has 0 fully saturated rings. The molecule has 4 rings (SSSR count). The fraction of sp³-hybridized carbons (Fsp3) is 0.130. The minimum Gasteiger partial charge on any atom is -0.472 e. The maximum Gasteiger partial charge on any atom is 0.112 e. The lowest BCUT2D eigenvalue weighted by atomic mass is 9.97. The van der Waals surface area contributed by atoms with Gasteiger partial charge in [-0.15, -0.1) is 0 Å². The Morgan fingerprint density at radius 1 is 0.926 bits per heavy atom. The average Bonchev–Trinajstić information content (AvgIpc) is 3.24. The van der Waals surface area contributed by atoms with Crippen molar-refractivity contribution in [2.75, 3.05) is 0 Å². The summed E-state index contributed by atoms with van der Waals surface area (Å²) in [5, 5.41) is 21.2. The highest BCUT2D eigenvalue weighted by atomic mass is 16.3. The summed E-state index contributed by atoms with van der Waals surface area (Å²) in [7, 11) is 4.22. The van der Waals surface area contributed by atoms with Gasteiger partial charge in [0.2, 0.25) is 0 Å². The minimum absolute atomic E-state index is 0.100. The van der Waals surface area contributed by atoms with Crippen LogP contribution in [0.2, 0.25) is 0 Å². The SMILES string of the molecule is [CH2-][n+]1c(-c2cccc(-c3ccoc3)c2)cc2cc(CO)c(CO)cc2c1C. The van der Waals surface area contributed by atoms with E-state index in [1.165, 1.54) is 0 Å². The van der Waals surface area contributed by atoms with Gasteiger partial charge in [-0.3, -0.25) is 0 Å². The second kappa shape index (κ2) is 6.91. The Morgan fingerprint density at radius 3 is 2.37 bits per heavy atom. The smallest absolute Gasteiger partial charge is 0.112 e. The van der Waals surface area contributed by atoms with E-state index >= 15 is 0 Å². The third-order valence-electron chi connectivity index (χ3n) is 5.10. The summed E-state index contributed by atoms with van der Waals surface area (Å²) in [4.78, 5) is 0. The first-order valence-corrected chi connectivity index (χ1v) is 8.79. The Hall–Kier alpha value is -3.08. The first-order valence-electron chi connectivity index (χ1n) is 8.79. The van der Waals surface area contributed by atoms with Gasteiger partial charge < -0.3 is 19.2 Å². The monoisotopic (exact) mass is 359 g/mol. The molecular weight excluding hydrogens is 338 g/mol. The predicted octanol–water partition coefficient (Wildman–Crippen LogP) is 3.99. The summed E-state index contributed by atoms with van der Waals surface area (Å²) in [6.45, 7) is 1.81. The van der Waals surface area contributed by atoms with Crippen LogP contribution < -0.4 is 4.57 Å². The van der Waals surface area contributed by atoms with E-state index in [2.05, 4.69) is 25.2 Å². The highest BCUT2D eigenvalue weighted by Gasteiger charge is 2.13. The number of furan rings is 1. The van der Waals surface area contributed by atoms with E-state index in [1.54, 1.807) is 12.5 Å². The Bertz CT molecular complexity index is 1110. The summed E-state index contributed by atoms with van der Waals surface area (Å²) in [5.41, 5.74) is 6.60. The molecule has 0 radical (unpaired) electrons. The van der Waals surface area contributed by atoms with Gasteiger partial charge in [-0.05, 0) is 52.1 Å². The minimum atomic E-state index is -0.102. The third-order valence-corrected chi connectivity index (χ3v) is 5.10. The van der Waals surface area contributed by atoms with Crippen molar-refractivity contribution in [3.05, 3.63) is 84.9 Å². The molecule has 0 saturated heterocycles. The van der Waals surface area contributed by atoms with Gasteiger partial charge in [0, 0.05) is 12.6 Å². The molecule has 4 aromatic rings. The molecule has 0 aliphatic heterocycles. The molecule has 136 valence electrons. The molecule has 0 unspecified atom stereocenters. The standard InChI is InChI=1S/C23H21NO3/c1-15-22-10-21(13-26)20(12-25)9-19(22)11-23(24(15)2)17-5-3-4-16(8-17)18-6-7-27-14-18/h3-11,14,25-26H,2,12-13H2,1H3. The molecule has 0 amide bonds. The van der Waals surface area contributed by atoms with Crippen molar-refractivity contribution >= 4 is 10.8 Å². The Kier molecular flexibility index (Phi) is 4.44. The molecule has 0 saturated carbocycles. The first kappa shape index (κ1) is 17.3. The predicted molar refractivity (Wildman–Crippen MR) is 105 cm³/mol. The number of hydrogen-bond acceptors (Lipinski definition) is 3. The van der Waals surface area contributed by atoms with Crippen molar-refractivity contribution in [1.82, 2.24) is 0 Å². The fourth-order valence-electron chi connectivity index (χ4n) is 3.51. The van der Waals surface area contributed by atoms with Gasteiger partial charge in [0.05, 0.1) is 31.4 Å². The first-order chi connectivity index (χ1) is 13.1. The van der Waals surface area contributed by atoms with Crippen molar-refractivity contribution in [2.24, 2.45) is 0 Å². The molecule has 0 aliphatic carbocycles. The molecule has 0 spiro atoms. The number of pyridine rings is 1. The van der Waals surface area contributed by atoms with Gasteiger partial charge in [0.25, 0.3) is 0 Å². The summed E-state index contributed by atoms with van der Waals surface area (Å²) in [6.07, 6.45) is 3.39. The third kappa shape index (κ3) is 2.99. The zero-order valence-corrected chi connectivity index (χ0v) is 15.1. The van der Waals surface area contributed by atoms with E-state index in [0.29, 0.717) is 0 Å². The van der Waals surface area contributed by atoms with Crippen molar-refractivity contribution < 1.29 is 19.2 Å². The number of aliphatic hydroxyl groups excluding tert-OH is 2. The Morgan fingerprint density at radius 2 is 1.67 bits per heavy atom. The maximum atomic E-state index is 9.62. The van der Waals surface area contributed by atoms with Crippen LogP contribution in [0.3, 0.4) is 0 Å². The van der Waals surface area contributed by atoms with E-state index in [-0.39, 0.29) is 13.2 Å². The Balaban J connectivity index is 1.92. The molecule has 2 aromatic carbocycles. The van der Waals surface area contributed by atoms with Crippen LogP contribution in [-0.4, -0.2) is 10.2 Å². The second-order valence-electron chi connectivity index (χ2n) is 6.66. The second-order valence-corrected chi connectivity index (χ2v) is 6.66. The average molecular weight is 359 g/mol. The van der Waals surface area contributed by atoms with E-state index in [9.17, 15) is 10.2 Å². The van der Waals surface area contributed by atoms with E-state index in [4.69, 9.17) is 4.42 Å². The van der Waals surface area contributed by atoms with Gasteiger partial charge in [0.15, 0.2) is 0 Å². The largest absolute Gasteiger partial charge is 0.472 e. The van der Waals surface area contributed by atoms with Crippen LogP contribution >= 0.6 is 0 Å². The number of aromatic nitrogens is 1. The molecule has 2 N–H and O–H groups in total. The van der Waals surface area contributed by atoms with Gasteiger partial charge in [-0.2, -0.15) is 0 Å². The zero-order chi connectivity index (χ0) is 19.0. The summed E-state index contributed by atoms with van der Waals surface area (Å²) < 4.78 is 7.11. The quantitative estimate of drug-likeness (QED) is 0.428. The van der Waals surface area contributed by atoms with Crippen molar-refractivity contribution in [3.8, 4) is 22.4 Å². The lowest BCUT2D eigenvalue weighted by Gasteiger charge is -2.17. The number of aliphatic hydroxyl groups is 2. The molecule has 27 heavy (non-hydrogen) atoms. The number of nitrogens with zero attached hydrogens (tertiary/aromatic N) is 1. The molecule has 0 aliphatic rings. The normalized spacial score (nSPS) is 11.2. The van der Waals surface area contributed by atoms with Crippen LogP contribution in [0.15, 0.2) is 65.5 Å². The molecule has 4 nitrogen and oxygen atoms in total. The van der Waals surface area contributed by atoms with E-state index < -0.39 is 0 Å². The lowest BCUT2D eigenvalue weighted by molar-refractivity contribution is -0.606. The van der Waals surface area contributed by atoms with Crippen molar-refractivity contribution in [3.63, 3.8) is 0 Å². The molecular formula is C23H21NO3. The zero-order valence-electron chi connectivity index (χ0n) is 15.1. The topological polar surface area (TPSA) is 57.5 Å². The summed E-state index contributed by atoms with van der Waals surface area (Å²) in [6, 6.07) is 16.1. The number of fused-ring (bicyclic) bond motifs is 1. The van der Waals surface area contributed by atoms with Crippen LogP contribution in [0.1, 0.15) is 16.8 Å². The summed E-state index contributed by atoms with van der Waals surface area (Å²) >= 11 is 0. The maximum absolute atomic E-state index is 9.62. The van der Waals surface area contributed by atoms with Gasteiger partial charge in [0.1, 0.15) is 5.69 Å². The van der Waals surface area contributed by atoms with Crippen molar-refractivity contribution in [1.29, 1.82) is 0 Å². The van der Waals surface area contributed by atoms with Crippen LogP contribution in [0.25, 0.3) is 33.2 Å². The van der Waals surface area contributed by atoms with Crippen LogP contribution in [0.5, 0.6) is 0 Å². The number of aryl methyl sites for hydroxylation is 1. The number of hydrogen-bond donors (Lipinski definition) is 2. The van der Waals surface area contributed by atoms with E-state index in [0.717, 1.165) is 50.0 Å². The van der Waals surface area contributed by atoms with Gasteiger partial charge in [-0.25, -0.2) is 0 Å². The van der Waals surface area contributed by atoms with Gasteiger partial charge in [-0.1, -0.05) is 36.4 Å². The number of benzene rings is 2. The molecule has 2 heterocycles. The van der Waals surface area contributed by atoms with Crippen LogP contribution in [0.4, 0.5) is 0 Å². The van der Waals surface area contributed by atoms with E-state index in [1.807, 2.05) is 41.8 Å². The van der Waals surface area contributed by atoms with Crippen LogP contribution in [0, 0.1) is 14.0 Å². The molecule has 0 bridgehead atoms. The highest BCUT2D eigenvalue weighted by Crippen LogP contribution is 2.29. The van der Waals surface area contributed by atoms with Crippen molar-refractivity contribution in [2.45, 2.75) is 20.1 Å². The molecule has 0 atom stereocenters. The lowest BCUT2D eigenvalue weighted by Crippen LogP contribution is -2.32. The number of rotatable bonds is 4. The highest BCUT2D eigenvalue weighted by molar-refractivity contribution is 5.88. The van der Waals surface area contributed by atoms with Crippen LogP contribution in [-0.2, 0) is 13.2 Å². The fourth-order valence-corrected chi connectivity index (χ4v) is 3.51. The summed E-state index contributed by atoms with van der Waals surface area (Å²) in [5.74, 6) is 0. The Labute approximate surface area is 157 Å². The molecule has 4 heteroatoms. The van der Waals surface area contributed by atoms with Gasteiger partial charge >= 0.3 is 0 Å². The molecule has 2 aromatic heterocycles.